The molecule has 0 aliphatic rings. The number of anilines is 1. The van der Waals surface area contributed by atoms with Gasteiger partial charge in [-0.25, -0.2) is 26.8 Å². The maximum Gasteiger partial charge on any atom is 0.335 e. The molecule has 10 heteroatoms. The fourth-order valence-corrected chi connectivity index (χ4v) is 3.48. The minimum absolute atomic E-state index is 0.0332. The van der Waals surface area contributed by atoms with Gasteiger partial charge in [0.15, 0.2) is 0 Å². The Balaban J connectivity index is 2.40. The zero-order chi connectivity index (χ0) is 17.3. The molecule has 0 saturated carbocycles. The standard InChI is InChI=1S/C13H12N2O6S2/c14-22(18,19)11-5-2-6-12(8-11)23(20,21)15-10-4-1-3-9(7-10)13(16)17/h1-8,15H,(H,16,17)(H2,14,18,19). The van der Waals surface area contributed by atoms with Gasteiger partial charge in [0.2, 0.25) is 10.0 Å². The number of hydrogen-bond acceptors (Lipinski definition) is 5. The Morgan fingerprint density at radius 3 is 2.17 bits per heavy atom. The van der Waals surface area contributed by atoms with Gasteiger partial charge in [-0.15, -0.1) is 0 Å². The molecule has 0 amide bonds. The summed E-state index contributed by atoms with van der Waals surface area (Å²) in [5, 5.41) is 13.9. The Labute approximate surface area is 132 Å². The van der Waals surface area contributed by atoms with Crippen molar-refractivity contribution in [3.8, 4) is 0 Å². The molecular weight excluding hydrogens is 344 g/mol. The number of carboxylic acid groups (broad SMARTS) is 1. The number of carboxylic acids is 1. The predicted molar refractivity (Wildman–Crippen MR) is 82.0 cm³/mol. The summed E-state index contributed by atoms with van der Waals surface area (Å²) in [6.07, 6.45) is 0. The second-order valence-corrected chi connectivity index (χ2v) is 7.76. The minimum Gasteiger partial charge on any atom is -0.478 e. The molecule has 2 aromatic carbocycles. The van der Waals surface area contributed by atoms with E-state index in [-0.39, 0.29) is 21.0 Å². The largest absolute Gasteiger partial charge is 0.478 e. The van der Waals surface area contributed by atoms with Gasteiger partial charge in [-0.05, 0) is 36.4 Å². The van der Waals surface area contributed by atoms with Crippen molar-refractivity contribution in [2.45, 2.75) is 9.79 Å². The zero-order valence-electron chi connectivity index (χ0n) is 11.5. The van der Waals surface area contributed by atoms with E-state index >= 15 is 0 Å². The Kier molecular flexibility index (Phi) is 4.41. The quantitative estimate of drug-likeness (QED) is 0.724. The van der Waals surface area contributed by atoms with E-state index in [1.54, 1.807) is 0 Å². The van der Waals surface area contributed by atoms with Gasteiger partial charge in [0, 0.05) is 5.69 Å². The molecule has 0 spiro atoms. The normalized spacial score (nSPS) is 11.9. The van der Waals surface area contributed by atoms with Gasteiger partial charge in [-0.1, -0.05) is 12.1 Å². The summed E-state index contributed by atoms with van der Waals surface area (Å²) in [6, 6.07) is 9.71. The lowest BCUT2D eigenvalue weighted by Gasteiger charge is -2.09. The van der Waals surface area contributed by atoms with Gasteiger partial charge in [0.25, 0.3) is 10.0 Å². The van der Waals surface area contributed by atoms with Crippen LogP contribution in [0, 0.1) is 0 Å². The number of aromatic carboxylic acids is 1. The average Bonchev–Trinajstić information content (AvgIpc) is 2.46. The van der Waals surface area contributed by atoms with E-state index in [0.717, 1.165) is 12.1 Å². The number of benzene rings is 2. The highest BCUT2D eigenvalue weighted by Crippen LogP contribution is 2.19. The second kappa shape index (κ2) is 5.99. The molecule has 0 aliphatic heterocycles. The monoisotopic (exact) mass is 356 g/mol. The Morgan fingerprint density at radius 2 is 1.57 bits per heavy atom. The van der Waals surface area contributed by atoms with Gasteiger partial charge in [-0.2, -0.15) is 0 Å². The van der Waals surface area contributed by atoms with Crippen molar-refractivity contribution < 1.29 is 26.7 Å². The van der Waals surface area contributed by atoms with Crippen LogP contribution in [0.25, 0.3) is 0 Å². The Morgan fingerprint density at radius 1 is 0.957 bits per heavy atom. The first-order chi connectivity index (χ1) is 10.6. The number of hydrogen-bond donors (Lipinski definition) is 3. The van der Waals surface area contributed by atoms with E-state index in [1.165, 1.54) is 36.4 Å². The van der Waals surface area contributed by atoms with Crippen LogP contribution in [0.15, 0.2) is 58.3 Å². The highest BCUT2D eigenvalue weighted by atomic mass is 32.2. The van der Waals surface area contributed by atoms with Crippen LogP contribution >= 0.6 is 0 Å². The maximum atomic E-state index is 12.3. The molecule has 2 rings (SSSR count). The van der Waals surface area contributed by atoms with Crippen LogP contribution in [0.3, 0.4) is 0 Å². The highest BCUT2D eigenvalue weighted by molar-refractivity contribution is 7.93. The lowest BCUT2D eigenvalue weighted by Crippen LogP contribution is -2.16. The molecule has 0 bridgehead atoms. The molecule has 0 heterocycles. The number of sulfonamides is 2. The Bertz CT molecular complexity index is 967. The third kappa shape index (κ3) is 4.06. The maximum absolute atomic E-state index is 12.3. The molecule has 122 valence electrons. The van der Waals surface area contributed by atoms with Crippen molar-refractivity contribution in [3.05, 3.63) is 54.1 Å². The zero-order valence-corrected chi connectivity index (χ0v) is 13.1. The summed E-state index contributed by atoms with van der Waals surface area (Å²) >= 11 is 0. The smallest absolute Gasteiger partial charge is 0.335 e. The van der Waals surface area contributed by atoms with E-state index in [1.807, 2.05) is 0 Å². The fraction of sp³-hybridized carbons (Fsp3) is 0. The molecule has 0 unspecified atom stereocenters. The van der Waals surface area contributed by atoms with Crippen molar-refractivity contribution in [2.75, 3.05) is 4.72 Å². The molecule has 0 fully saturated rings. The van der Waals surface area contributed by atoms with Crippen molar-refractivity contribution in [2.24, 2.45) is 5.14 Å². The molecule has 0 atom stereocenters. The highest BCUT2D eigenvalue weighted by Gasteiger charge is 2.18. The molecule has 23 heavy (non-hydrogen) atoms. The van der Waals surface area contributed by atoms with Gasteiger partial charge < -0.3 is 5.11 Å². The molecule has 0 radical (unpaired) electrons. The number of primary sulfonamides is 1. The number of rotatable bonds is 5. The third-order valence-electron chi connectivity index (χ3n) is 2.81. The van der Waals surface area contributed by atoms with Crippen LogP contribution < -0.4 is 9.86 Å². The van der Waals surface area contributed by atoms with E-state index in [2.05, 4.69) is 4.72 Å². The topological polar surface area (TPSA) is 144 Å². The van der Waals surface area contributed by atoms with Crippen LogP contribution in [-0.4, -0.2) is 27.9 Å². The molecular formula is C13H12N2O6S2. The Hall–Kier alpha value is -2.43. The summed E-state index contributed by atoms with van der Waals surface area (Å²) in [6.45, 7) is 0. The van der Waals surface area contributed by atoms with E-state index in [0.29, 0.717) is 0 Å². The third-order valence-corrected chi connectivity index (χ3v) is 5.10. The molecule has 0 aromatic heterocycles. The SMILES string of the molecule is NS(=O)(=O)c1cccc(S(=O)(=O)Nc2cccc(C(=O)O)c2)c1. The number of nitrogens with one attached hydrogen (secondary N) is 1. The molecule has 8 nitrogen and oxygen atoms in total. The van der Waals surface area contributed by atoms with Crippen LogP contribution in [0.5, 0.6) is 0 Å². The lowest BCUT2D eigenvalue weighted by atomic mass is 10.2. The van der Waals surface area contributed by atoms with Gasteiger partial charge >= 0.3 is 5.97 Å². The molecule has 2 aromatic rings. The summed E-state index contributed by atoms with van der Waals surface area (Å²) in [7, 11) is -8.15. The predicted octanol–water partition coefficient (Wildman–Crippen LogP) is 0.833. The van der Waals surface area contributed by atoms with Crippen LogP contribution in [0.1, 0.15) is 10.4 Å². The second-order valence-electron chi connectivity index (χ2n) is 4.51. The number of nitrogens with two attached hydrogens (primary N) is 1. The summed E-state index contributed by atoms with van der Waals surface area (Å²) in [4.78, 5) is 10.2. The minimum atomic E-state index is -4.10. The van der Waals surface area contributed by atoms with Crippen molar-refractivity contribution in [1.82, 2.24) is 0 Å². The van der Waals surface area contributed by atoms with Gasteiger partial charge in [-0.3, -0.25) is 4.72 Å². The van der Waals surface area contributed by atoms with Gasteiger partial charge in [0.1, 0.15) is 0 Å². The van der Waals surface area contributed by atoms with Crippen LogP contribution in [0.4, 0.5) is 5.69 Å². The first-order valence-corrected chi connectivity index (χ1v) is 9.11. The molecule has 0 saturated heterocycles. The van der Waals surface area contributed by atoms with Crippen molar-refractivity contribution in [3.63, 3.8) is 0 Å². The van der Waals surface area contributed by atoms with Gasteiger partial charge in [0.05, 0.1) is 15.4 Å². The fourth-order valence-electron chi connectivity index (χ4n) is 1.75. The summed E-state index contributed by atoms with van der Waals surface area (Å²) in [5.41, 5.74) is -0.0607. The first kappa shape index (κ1) is 16.9. The average molecular weight is 356 g/mol. The van der Waals surface area contributed by atoms with Crippen molar-refractivity contribution in [1.29, 1.82) is 0 Å². The van der Waals surface area contributed by atoms with Crippen LogP contribution in [0.2, 0.25) is 0 Å². The van der Waals surface area contributed by atoms with E-state index in [9.17, 15) is 21.6 Å². The lowest BCUT2D eigenvalue weighted by molar-refractivity contribution is 0.0697. The van der Waals surface area contributed by atoms with Crippen LogP contribution in [-0.2, 0) is 20.0 Å². The summed E-state index contributed by atoms with van der Waals surface area (Å²) < 4.78 is 49.3. The molecule has 4 N–H and O–H groups in total. The summed E-state index contributed by atoms with van der Waals surface area (Å²) in [5.74, 6) is -1.21. The van der Waals surface area contributed by atoms with Crippen molar-refractivity contribution >= 4 is 31.7 Å². The molecule has 0 aliphatic carbocycles. The number of carbonyl (C=O) groups is 1. The van der Waals surface area contributed by atoms with E-state index in [4.69, 9.17) is 10.2 Å². The van der Waals surface area contributed by atoms with E-state index < -0.39 is 26.0 Å². The first-order valence-electron chi connectivity index (χ1n) is 6.09.